The van der Waals surface area contributed by atoms with Crippen molar-refractivity contribution in [2.75, 3.05) is 0 Å². The lowest BCUT2D eigenvalue weighted by molar-refractivity contribution is -0.122. The predicted molar refractivity (Wildman–Crippen MR) is 51.2 cm³/mol. The second kappa shape index (κ2) is 2.87. The molecule has 1 aliphatic rings. The molecule has 2 rings (SSSR count). The van der Waals surface area contributed by atoms with E-state index in [9.17, 15) is 4.79 Å². The van der Waals surface area contributed by atoms with E-state index in [-0.39, 0.29) is 17.7 Å². The third kappa shape index (κ3) is 1.22. The zero-order valence-corrected chi connectivity index (χ0v) is 7.66. The average Bonchev–Trinajstić information content (AvgIpc) is 2.45. The van der Waals surface area contributed by atoms with E-state index in [4.69, 9.17) is 5.73 Å². The first-order chi connectivity index (χ1) is 6.20. The van der Waals surface area contributed by atoms with Crippen molar-refractivity contribution in [3.05, 3.63) is 35.4 Å². The molecule has 0 heterocycles. The molecule has 1 aromatic rings. The van der Waals surface area contributed by atoms with Gasteiger partial charge in [0.15, 0.2) is 0 Å². The molecule has 2 N–H and O–H groups in total. The van der Waals surface area contributed by atoms with E-state index in [1.54, 1.807) is 0 Å². The van der Waals surface area contributed by atoms with Gasteiger partial charge >= 0.3 is 0 Å². The lowest BCUT2D eigenvalue weighted by Gasteiger charge is -2.10. The van der Waals surface area contributed by atoms with Gasteiger partial charge in [-0.25, -0.2) is 0 Å². The Morgan fingerprint density at radius 1 is 1.46 bits per heavy atom. The van der Waals surface area contributed by atoms with Gasteiger partial charge in [-0.2, -0.15) is 0 Å². The molecule has 13 heavy (non-hydrogen) atoms. The van der Waals surface area contributed by atoms with Crippen LogP contribution in [-0.2, 0) is 11.2 Å². The monoisotopic (exact) mass is 175 g/mol. The Kier molecular flexibility index (Phi) is 1.83. The lowest BCUT2D eigenvalue weighted by atomic mass is 9.94. The molecule has 2 heteroatoms. The number of nitrogens with two attached hydrogens (primary N) is 1. The smallest absolute Gasteiger partial charge is 0.221 e. The molecule has 0 fully saturated rings. The Morgan fingerprint density at radius 3 is 2.77 bits per heavy atom. The Labute approximate surface area is 77.8 Å². The fourth-order valence-electron chi connectivity index (χ4n) is 2.14. The van der Waals surface area contributed by atoms with E-state index < -0.39 is 0 Å². The molecule has 0 bridgehead atoms. The fourth-order valence-corrected chi connectivity index (χ4v) is 2.14. The summed E-state index contributed by atoms with van der Waals surface area (Å²) in [4.78, 5) is 11.1. The average molecular weight is 175 g/mol. The molecule has 2 atom stereocenters. The van der Waals surface area contributed by atoms with E-state index in [2.05, 4.69) is 19.1 Å². The van der Waals surface area contributed by atoms with Crippen molar-refractivity contribution < 1.29 is 4.79 Å². The molecule has 1 amide bonds. The second-order valence-corrected chi connectivity index (χ2v) is 3.70. The zero-order chi connectivity index (χ0) is 9.42. The molecule has 0 spiro atoms. The van der Waals surface area contributed by atoms with Crippen LogP contribution in [0.15, 0.2) is 24.3 Å². The summed E-state index contributed by atoms with van der Waals surface area (Å²) in [5.74, 6) is 0.106. The van der Waals surface area contributed by atoms with Crippen LogP contribution in [-0.4, -0.2) is 5.91 Å². The molecule has 1 aromatic carbocycles. The number of rotatable bonds is 1. The summed E-state index contributed by atoms with van der Waals surface area (Å²) in [7, 11) is 0. The van der Waals surface area contributed by atoms with E-state index in [1.165, 1.54) is 11.1 Å². The number of benzene rings is 1. The number of primary amides is 1. The van der Waals surface area contributed by atoms with Gasteiger partial charge in [-0.1, -0.05) is 31.2 Å². The molecule has 0 saturated heterocycles. The van der Waals surface area contributed by atoms with Crippen molar-refractivity contribution in [3.8, 4) is 0 Å². The molecule has 68 valence electrons. The van der Waals surface area contributed by atoms with E-state index >= 15 is 0 Å². The molecular formula is C11H13NO. The summed E-state index contributed by atoms with van der Waals surface area (Å²) < 4.78 is 0. The number of carbonyl (C=O) groups excluding carboxylic acids is 1. The Bertz CT molecular complexity index is 346. The highest BCUT2D eigenvalue weighted by Crippen LogP contribution is 2.36. The van der Waals surface area contributed by atoms with Crippen molar-refractivity contribution in [1.29, 1.82) is 0 Å². The van der Waals surface area contributed by atoms with Gasteiger partial charge in [-0.3, -0.25) is 4.79 Å². The molecule has 0 saturated carbocycles. The maximum atomic E-state index is 11.1. The molecule has 2 unspecified atom stereocenters. The highest BCUT2D eigenvalue weighted by Gasteiger charge is 2.32. The van der Waals surface area contributed by atoms with Crippen molar-refractivity contribution >= 4 is 5.91 Å². The fraction of sp³-hybridized carbons (Fsp3) is 0.364. The molecule has 1 aliphatic carbocycles. The predicted octanol–water partition coefficient (Wildman–Crippen LogP) is 1.45. The normalized spacial score (nSPS) is 25.6. The van der Waals surface area contributed by atoms with Gasteiger partial charge in [0, 0.05) is 5.92 Å². The Hall–Kier alpha value is -1.31. The van der Waals surface area contributed by atoms with Crippen LogP contribution in [0.4, 0.5) is 0 Å². The van der Waals surface area contributed by atoms with Gasteiger partial charge in [0.25, 0.3) is 0 Å². The van der Waals surface area contributed by atoms with Crippen molar-refractivity contribution in [3.63, 3.8) is 0 Å². The van der Waals surface area contributed by atoms with Gasteiger partial charge < -0.3 is 5.73 Å². The molecule has 2 nitrogen and oxygen atoms in total. The van der Waals surface area contributed by atoms with Crippen molar-refractivity contribution in [2.24, 2.45) is 11.7 Å². The molecule has 0 aromatic heterocycles. The maximum absolute atomic E-state index is 11.1. The van der Waals surface area contributed by atoms with E-state index in [1.807, 2.05) is 12.1 Å². The summed E-state index contributed by atoms with van der Waals surface area (Å²) in [5, 5.41) is 0. The van der Waals surface area contributed by atoms with Gasteiger partial charge in [-0.15, -0.1) is 0 Å². The standard InChI is InChI=1S/C11H13NO/c1-7-9-5-3-2-4-8(9)6-10(7)11(12)13/h2-5,7,10H,6H2,1H3,(H2,12,13). The maximum Gasteiger partial charge on any atom is 0.221 e. The lowest BCUT2D eigenvalue weighted by Crippen LogP contribution is -2.25. The number of hydrogen-bond donors (Lipinski definition) is 1. The molecule has 0 aliphatic heterocycles. The quantitative estimate of drug-likeness (QED) is 0.689. The third-order valence-electron chi connectivity index (χ3n) is 2.95. The van der Waals surface area contributed by atoms with Crippen molar-refractivity contribution in [2.45, 2.75) is 19.3 Å². The van der Waals surface area contributed by atoms with E-state index in [0.29, 0.717) is 0 Å². The van der Waals surface area contributed by atoms with E-state index in [0.717, 1.165) is 6.42 Å². The third-order valence-corrected chi connectivity index (χ3v) is 2.95. The van der Waals surface area contributed by atoms with Crippen LogP contribution in [0.5, 0.6) is 0 Å². The van der Waals surface area contributed by atoms with Gasteiger partial charge in [0.2, 0.25) is 5.91 Å². The van der Waals surface area contributed by atoms with Crippen LogP contribution >= 0.6 is 0 Å². The summed E-state index contributed by atoms with van der Waals surface area (Å²) in [5.41, 5.74) is 7.89. The number of fused-ring (bicyclic) bond motifs is 1. The Balaban J connectivity index is 2.38. The van der Waals surface area contributed by atoms with Crippen LogP contribution < -0.4 is 5.73 Å². The van der Waals surface area contributed by atoms with Crippen LogP contribution in [0.2, 0.25) is 0 Å². The minimum Gasteiger partial charge on any atom is -0.369 e. The number of carbonyl (C=O) groups is 1. The first-order valence-electron chi connectivity index (χ1n) is 4.57. The topological polar surface area (TPSA) is 43.1 Å². The van der Waals surface area contributed by atoms with Crippen LogP contribution in [0.1, 0.15) is 24.0 Å². The second-order valence-electron chi connectivity index (χ2n) is 3.70. The molecular weight excluding hydrogens is 162 g/mol. The highest BCUT2D eigenvalue weighted by molar-refractivity contribution is 5.79. The Morgan fingerprint density at radius 2 is 2.15 bits per heavy atom. The van der Waals surface area contributed by atoms with Gasteiger partial charge in [-0.05, 0) is 23.5 Å². The minimum absolute atomic E-state index is 0.00241. The first kappa shape index (κ1) is 8.30. The zero-order valence-electron chi connectivity index (χ0n) is 7.66. The summed E-state index contributed by atoms with van der Waals surface area (Å²) in [6, 6.07) is 8.19. The number of hydrogen-bond acceptors (Lipinski definition) is 1. The van der Waals surface area contributed by atoms with Crippen LogP contribution in [0.25, 0.3) is 0 Å². The number of amides is 1. The molecule has 0 radical (unpaired) electrons. The largest absolute Gasteiger partial charge is 0.369 e. The minimum atomic E-state index is -0.177. The van der Waals surface area contributed by atoms with Gasteiger partial charge in [0.05, 0.1) is 0 Å². The summed E-state index contributed by atoms with van der Waals surface area (Å²) in [6.45, 7) is 2.07. The van der Waals surface area contributed by atoms with Crippen LogP contribution in [0, 0.1) is 5.92 Å². The highest BCUT2D eigenvalue weighted by atomic mass is 16.1. The summed E-state index contributed by atoms with van der Waals surface area (Å²) >= 11 is 0. The summed E-state index contributed by atoms with van der Waals surface area (Å²) in [6.07, 6.45) is 0.812. The first-order valence-corrected chi connectivity index (χ1v) is 4.57. The van der Waals surface area contributed by atoms with Gasteiger partial charge in [0.1, 0.15) is 0 Å². The van der Waals surface area contributed by atoms with Crippen molar-refractivity contribution in [1.82, 2.24) is 0 Å². The van der Waals surface area contributed by atoms with Crippen LogP contribution in [0.3, 0.4) is 0 Å². The SMILES string of the molecule is CC1c2ccccc2CC1C(N)=O.